The molecule has 3 rings (SSSR count). The van der Waals surface area contributed by atoms with E-state index in [4.69, 9.17) is 9.90 Å². The zero-order valence-electron chi connectivity index (χ0n) is 17.3. The average molecular weight is 449 g/mol. The molecule has 31 heavy (non-hydrogen) atoms. The van der Waals surface area contributed by atoms with Crippen LogP contribution in [0.4, 0.5) is 13.2 Å². The molecule has 2 aliphatic rings. The minimum Gasteiger partial charge on any atom is -0.475 e. The Hall–Kier alpha value is -2.70. The maximum Gasteiger partial charge on any atom is 0.490 e. The smallest absolute Gasteiger partial charge is 0.475 e. The van der Waals surface area contributed by atoms with Gasteiger partial charge in [0.1, 0.15) is 11.4 Å². The van der Waals surface area contributed by atoms with Crippen molar-refractivity contribution < 1.29 is 37.3 Å². The first kappa shape index (κ1) is 24.6. The highest BCUT2D eigenvalue weighted by Gasteiger charge is 2.38. The maximum atomic E-state index is 12.6. The fraction of sp³-hybridized carbons (Fsp3) is 0.722. The van der Waals surface area contributed by atoms with E-state index in [0.717, 1.165) is 19.4 Å². The molecular weight excluding hydrogens is 423 g/mol. The second kappa shape index (κ2) is 10.6. The predicted octanol–water partition coefficient (Wildman–Crippen LogP) is 1.10. The molecule has 1 unspecified atom stereocenters. The molecule has 1 aromatic rings. The lowest BCUT2D eigenvalue weighted by Gasteiger charge is -2.39. The van der Waals surface area contributed by atoms with Gasteiger partial charge in [-0.2, -0.15) is 13.2 Å². The topological polar surface area (TPSA) is 129 Å². The molecule has 13 heteroatoms. The second-order valence-corrected chi connectivity index (χ2v) is 7.54. The summed E-state index contributed by atoms with van der Waals surface area (Å²) in [5, 5.41) is 17.6. The Morgan fingerprint density at radius 1 is 1.29 bits per heavy atom. The van der Waals surface area contributed by atoms with Crippen molar-refractivity contribution in [1.82, 2.24) is 25.4 Å². The number of carboxylic acids is 1. The van der Waals surface area contributed by atoms with E-state index in [2.05, 4.69) is 25.2 Å². The number of piperazine rings is 1. The standard InChI is InChI=1S/C16H25N5O3.C2HF3O2/c1-11-13(19-24-18-11)10-20(2)15(22)9-14-16(23)17-7-8-21(14)12-5-3-4-6-12;3-2(4,5)1(6)7/h12,14H,3-10H2,1-2H3,(H,17,23);(H,6,7). The van der Waals surface area contributed by atoms with Crippen LogP contribution in [0.5, 0.6) is 0 Å². The summed E-state index contributed by atoms with van der Waals surface area (Å²) in [5.74, 6) is -2.86. The molecule has 1 saturated heterocycles. The van der Waals surface area contributed by atoms with E-state index in [0.29, 0.717) is 30.5 Å². The third kappa shape index (κ3) is 6.91. The fourth-order valence-corrected chi connectivity index (χ4v) is 3.64. The van der Waals surface area contributed by atoms with Gasteiger partial charge < -0.3 is 15.3 Å². The number of hydrogen-bond acceptors (Lipinski definition) is 7. The number of aromatic nitrogens is 2. The van der Waals surface area contributed by atoms with Gasteiger partial charge in [0.15, 0.2) is 0 Å². The van der Waals surface area contributed by atoms with E-state index < -0.39 is 12.1 Å². The Kier molecular flexibility index (Phi) is 8.36. The van der Waals surface area contributed by atoms with Gasteiger partial charge in [0.25, 0.3) is 0 Å². The van der Waals surface area contributed by atoms with Gasteiger partial charge in [-0.15, -0.1) is 0 Å². The first-order valence-electron chi connectivity index (χ1n) is 9.86. The summed E-state index contributed by atoms with van der Waals surface area (Å²) in [5.41, 5.74) is 1.32. The van der Waals surface area contributed by atoms with E-state index in [1.165, 1.54) is 12.8 Å². The molecule has 0 aromatic carbocycles. The number of rotatable bonds is 5. The molecule has 1 aliphatic carbocycles. The molecule has 2 heterocycles. The minimum absolute atomic E-state index is 0.0332. The van der Waals surface area contributed by atoms with Gasteiger partial charge in [0.05, 0.1) is 19.0 Å². The number of alkyl halides is 3. The van der Waals surface area contributed by atoms with E-state index in [1.54, 1.807) is 18.9 Å². The van der Waals surface area contributed by atoms with E-state index >= 15 is 0 Å². The zero-order chi connectivity index (χ0) is 23.2. The monoisotopic (exact) mass is 449 g/mol. The largest absolute Gasteiger partial charge is 0.490 e. The predicted molar refractivity (Wildman–Crippen MR) is 99.6 cm³/mol. The van der Waals surface area contributed by atoms with Crippen LogP contribution < -0.4 is 5.32 Å². The molecule has 10 nitrogen and oxygen atoms in total. The van der Waals surface area contributed by atoms with Gasteiger partial charge in [0, 0.05) is 26.2 Å². The Balaban J connectivity index is 0.000000423. The molecule has 2 fully saturated rings. The lowest BCUT2D eigenvalue weighted by Crippen LogP contribution is -2.59. The number of carbonyl (C=O) groups excluding carboxylic acids is 2. The van der Waals surface area contributed by atoms with Gasteiger partial charge in [-0.3, -0.25) is 14.5 Å². The molecule has 174 valence electrons. The van der Waals surface area contributed by atoms with Gasteiger partial charge in [0.2, 0.25) is 11.8 Å². The van der Waals surface area contributed by atoms with Crippen molar-refractivity contribution in [3.05, 3.63) is 11.4 Å². The Bertz CT molecular complexity index is 779. The maximum absolute atomic E-state index is 12.6. The molecule has 1 saturated carbocycles. The third-order valence-electron chi connectivity index (χ3n) is 5.34. The number of carbonyl (C=O) groups is 3. The van der Waals surface area contributed by atoms with E-state index in [9.17, 15) is 22.8 Å². The molecule has 2 amide bonds. The Morgan fingerprint density at radius 3 is 2.42 bits per heavy atom. The van der Waals surface area contributed by atoms with Crippen molar-refractivity contribution in [2.75, 3.05) is 20.1 Å². The van der Waals surface area contributed by atoms with Crippen molar-refractivity contribution in [1.29, 1.82) is 0 Å². The van der Waals surface area contributed by atoms with Gasteiger partial charge in [-0.1, -0.05) is 23.2 Å². The number of aliphatic carboxylic acids is 1. The number of carboxylic acid groups (broad SMARTS) is 1. The third-order valence-corrected chi connectivity index (χ3v) is 5.34. The fourth-order valence-electron chi connectivity index (χ4n) is 3.64. The number of aryl methyl sites for hydroxylation is 1. The van der Waals surface area contributed by atoms with Crippen molar-refractivity contribution in [3.8, 4) is 0 Å². The first-order chi connectivity index (χ1) is 14.5. The van der Waals surface area contributed by atoms with Gasteiger partial charge in [-0.05, 0) is 19.8 Å². The number of halogens is 3. The summed E-state index contributed by atoms with van der Waals surface area (Å²) in [7, 11) is 1.72. The SMILES string of the molecule is Cc1nonc1CN(C)C(=O)CC1C(=O)NCCN1C1CCCC1.O=C(O)C(F)(F)F. The van der Waals surface area contributed by atoms with Crippen LogP contribution in [0.1, 0.15) is 43.5 Å². The number of nitrogens with zero attached hydrogens (tertiary/aromatic N) is 4. The lowest BCUT2D eigenvalue weighted by molar-refractivity contribution is -0.192. The normalized spacial score (nSPS) is 20.0. The second-order valence-electron chi connectivity index (χ2n) is 7.54. The van der Waals surface area contributed by atoms with Crippen LogP contribution in [0.15, 0.2) is 4.63 Å². The molecule has 1 atom stereocenters. The Labute approximate surface area is 176 Å². The summed E-state index contributed by atoms with van der Waals surface area (Å²) in [6, 6.07) is 0.0643. The van der Waals surface area contributed by atoms with Crippen molar-refractivity contribution >= 4 is 17.8 Å². The zero-order valence-corrected chi connectivity index (χ0v) is 17.3. The number of hydrogen-bond donors (Lipinski definition) is 2. The van der Waals surface area contributed by atoms with Crippen LogP contribution in [0, 0.1) is 6.92 Å². The average Bonchev–Trinajstić information content (AvgIpc) is 3.35. The summed E-state index contributed by atoms with van der Waals surface area (Å²) < 4.78 is 36.4. The Morgan fingerprint density at radius 2 is 1.90 bits per heavy atom. The summed E-state index contributed by atoms with van der Waals surface area (Å²) in [6.07, 6.45) is -0.220. The highest BCUT2D eigenvalue weighted by atomic mass is 19.4. The van der Waals surface area contributed by atoms with Crippen molar-refractivity contribution in [3.63, 3.8) is 0 Å². The van der Waals surface area contributed by atoms with Crippen LogP contribution >= 0.6 is 0 Å². The van der Waals surface area contributed by atoms with Crippen LogP contribution in [-0.2, 0) is 20.9 Å². The van der Waals surface area contributed by atoms with Crippen molar-refractivity contribution in [2.24, 2.45) is 0 Å². The lowest BCUT2D eigenvalue weighted by atomic mass is 10.0. The summed E-state index contributed by atoms with van der Waals surface area (Å²) in [6.45, 7) is 3.62. The summed E-state index contributed by atoms with van der Waals surface area (Å²) in [4.78, 5) is 37.6. The molecule has 0 spiro atoms. The van der Waals surface area contributed by atoms with Crippen LogP contribution in [0.25, 0.3) is 0 Å². The molecule has 1 aliphatic heterocycles. The molecular formula is C18H26F3N5O5. The van der Waals surface area contributed by atoms with Crippen LogP contribution in [0.3, 0.4) is 0 Å². The molecule has 2 N–H and O–H groups in total. The number of nitrogens with one attached hydrogen (secondary N) is 1. The van der Waals surface area contributed by atoms with Crippen molar-refractivity contribution in [2.45, 2.75) is 63.8 Å². The molecule has 0 radical (unpaired) electrons. The number of amides is 2. The van der Waals surface area contributed by atoms with Gasteiger partial charge >= 0.3 is 12.1 Å². The van der Waals surface area contributed by atoms with Crippen LogP contribution in [0.2, 0.25) is 0 Å². The summed E-state index contributed by atoms with van der Waals surface area (Å²) >= 11 is 0. The quantitative estimate of drug-likeness (QED) is 0.684. The minimum atomic E-state index is -5.08. The van der Waals surface area contributed by atoms with E-state index in [-0.39, 0.29) is 24.3 Å². The molecule has 0 bridgehead atoms. The molecule has 1 aromatic heterocycles. The van der Waals surface area contributed by atoms with Gasteiger partial charge in [-0.25, -0.2) is 9.42 Å². The van der Waals surface area contributed by atoms with E-state index in [1.807, 2.05) is 0 Å². The first-order valence-corrected chi connectivity index (χ1v) is 9.86. The van der Waals surface area contributed by atoms with Crippen LogP contribution in [-0.4, -0.2) is 81.4 Å². The highest BCUT2D eigenvalue weighted by Crippen LogP contribution is 2.27. The highest BCUT2D eigenvalue weighted by molar-refractivity contribution is 5.88.